The second-order valence-corrected chi connectivity index (χ2v) is 5.79. The molecular weight excluding hydrogens is 270 g/mol. The maximum atomic E-state index is 12.5. The average molecular weight is 291 g/mol. The molecule has 21 heavy (non-hydrogen) atoms. The van der Waals surface area contributed by atoms with E-state index in [-0.39, 0.29) is 11.8 Å². The van der Waals surface area contributed by atoms with Crippen LogP contribution in [0.4, 0.5) is 0 Å². The Kier molecular flexibility index (Phi) is 4.16. The number of methoxy groups -OCH3 is 1. The molecule has 6 heteroatoms. The molecule has 1 aliphatic rings. The van der Waals surface area contributed by atoms with Gasteiger partial charge >= 0.3 is 0 Å². The van der Waals surface area contributed by atoms with E-state index in [1.54, 1.807) is 25.9 Å². The summed E-state index contributed by atoms with van der Waals surface area (Å²) in [6, 6.07) is 3.65. The Morgan fingerprint density at radius 2 is 2.10 bits per heavy atom. The van der Waals surface area contributed by atoms with Crippen LogP contribution in [0.5, 0.6) is 5.75 Å². The fraction of sp³-hybridized carbons (Fsp3) is 0.533. The highest BCUT2D eigenvalue weighted by Gasteiger charge is 2.36. The highest BCUT2D eigenvalue weighted by Crippen LogP contribution is 2.18. The lowest BCUT2D eigenvalue weighted by molar-refractivity contribution is -0.137. The van der Waals surface area contributed by atoms with E-state index in [2.05, 4.69) is 10.3 Å². The smallest absolute Gasteiger partial charge is 0.248 e. The van der Waals surface area contributed by atoms with Crippen molar-refractivity contribution in [1.82, 2.24) is 15.2 Å². The molecule has 2 heterocycles. The van der Waals surface area contributed by atoms with Gasteiger partial charge in [0.1, 0.15) is 11.3 Å². The zero-order valence-corrected chi connectivity index (χ0v) is 12.9. The molecule has 0 aromatic carbocycles. The molecule has 0 bridgehead atoms. The van der Waals surface area contributed by atoms with Gasteiger partial charge in [0.05, 0.1) is 19.3 Å². The first kappa shape index (κ1) is 15.3. The van der Waals surface area contributed by atoms with Crippen molar-refractivity contribution in [2.45, 2.75) is 39.3 Å². The summed E-state index contributed by atoms with van der Waals surface area (Å²) in [6.45, 7) is 6.08. The number of pyridine rings is 1. The standard InChI is InChI=1S/C15H21N3O3/c1-10-7-12(21-4)8-11(16-10)9-18-6-5-13(19)17-15(2,3)14(18)20/h7-8H,5-6,9H2,1-4H3,(H,17,19). The van der Waals surface area contributed by atoms with E-state index in [9.17, 15) is 9.59 Å². The molecule has 1 aliphatic heterocycles. The molecule has 2 rings (SSSR count). The van der Waals surface area contributed by atoms with Crippen LogP contribution in [0.3, 0.4) is 0 Å². The highest BCUT2D eigenvalue weighted by molar-refractivity contribution is 5.92. The van der Waals surface area contributed by atoms with Gasteiger partial charge in [-0.05, 0) is 20.8 Å². The number of ether oxygens (including phenoxy) is 1. The van der Waals surface area contributed by atoms with Crippen molar-refractivity contribution in [2.24, 2.45) is 0 Å². The largest absolute Gasteiger partial charge is 0.497 e. The van der Waals surface area contributed by atoms with E-state index < -0.39 is 5.54 Å². The number of carbonyl (C=O) groups is 2. The summed E-state index contributed by atoms with van der Waals surface area (Å²) in [5, 5.41) is 2.74. The van der Waals surface area contributed by atoms with Gasteiger partial charge in [-0.25, -0.2) is 0 Å². The lowest BCUT2D eigenvalue weighted by atomic mass is 10.0. The zero-order chi connectivity index (χ0) is 15.6. The Hall–Kier alpha value is -2.11. The average Bonchev–Trinajstić information content (AvgIpc) is 2.49. The van der Waals surface area contributed by atoms with Gasteiger partial charge in [-0.15, -0.1) is 0 Å². The third-order valence-electron chi connectivity index (χ3n) is 3.45. The summed E-state index contributed by atoms with van der Waals surface area (Å²) in [7, 11) is 1.60. The van der Waals surface area contributed by atoms with Crippen LogP contribution in [0.1, 0.15) is 31.7 Å². The normalized spacial score (nSPS) is 18.2. The molecule has 1 aromatic rings. The Morgan fingerprint density at radius 1 is 1.38 bits per heavy atom. The van der Waals surface area contributed by atoms with Gasteiger partial charge in [-0.3, -0.25) is 14.6 Å². The number of aryl methyl sites for hydroxylation is 1. The lowest BCUT2D eigenvalue weighted by Gasteiger charge is -2.28. The summed E-state index contributed by atoms with van der Waals surface area (Å²) < 4.78 is 5.22. The number of rotatable bonds is 3. The maximum absolute atomic E-state index is 12.5. The number of nitrogens with zero attached hydrogens (tertiary/aromatic N) is 2. The van der Waals surface area contributed by atoms with E-state index in [1.807, 2.05) is 19.1 Å². The molecule has 0 spiro atoms. The van der Waals surface area contributed by atoms with Crippen molar-refractivity contribution in [3.8, 4) is 5.75 Å². The first-order chi connectivity index (χ1) is 9.81. The zero-order valence-electron chi connectivity index (χ0n) is 12.9. The van der Waals surface area contributed by atoms with Crippen LogP contribution in [0.25, 0.3) is 0 Å². The van der Waals surface area contributed by atoms with Crippen LogP contribution in [-0.2, 0) is 16.1 Å². The van der Waals surface area contributed by atoms with Gasteiger partial charge in [0.15, 0.2) is 0 Å². The lowest BCUT2D eigenvalue weighted by Crippen LogP contribution is -2.52. The molecule has 6 nitrogen and oxygen atoms in total. The Morgan fingerprint density at radius 3 is 2.76 bits per heavy atom. The van der Waals surface area contributed by atoms with Crippen molar-refractivity contribution in [3.63, 3.8) is 0 Å². The quantitative estimate of drug-likeness (QED) is 0.902. The summed E-state index contributed by atoms with van der Waals surface area (Å²) in [5.74, 6) is 0.509. The predicted octanol–water partition coefficient (Wildman–Crippen LogP) is 1.03. The Labute approximate surface area is 124 Å². The molecule has 0 aliphatic carbocycles. The highest BCUT2D eigenvalue weighted by atomic mass is 16.5. The molecule has 114 valence electrons. The SMILES string of the molecule is COc1cc(C)nc(CN2CCC(=O)NC(C)(C)C2=O)c1. The minimum Gasteiger partial charge on any atom is -0.497 e. The van der Waals surface area contributed by atoms with Gasteiger partial charge in [0.2, 0.25) is 11.8 Å². The fourth-order valence-corrected chi connectivity index (χ4v) is 2.45. The molecule has 1 saturated heterocycles. The topological polar surface area (TPSA) is 71.5 Å². The summed E-state index contributed by atoms with van der Waals surface area (Å²) >= 11 is 0. The van der Waals surface area contributed by atoms with Gasteiger partial charge in [-0.2, -0.15) is 0 Å². The van der Waals surface area contributed by atoms with Crippen LogP contribution in [0.15, 0.2) is 12.1 Å². The Bertz CT molecular complexity index is 569. The summed E-state index contributed by atoms with van der Waals surface area (Å²) in [5.41, 5.74) is 0.701. The van der Waals surface area contributed by atoms with Crippen molar-refractivity contribution in [1.29, 1.82) is 0 Å². The van der Waals surface area contributed by atoms with Gasteiger partial charge in [0.25, 0.3) is 0 Å². The molecule has 0 saturated carbocycles. The number of aromatic nitrogens is 1. The van der Waals surface area contributed by atoms with Crippen molar-refractivity contribution in [3.05, 3.63) is 23.5 Å². The fourth-order valence-electron chi connectivity index (χ4n) is 2.45. The van der Waals surface area contributed by atoms with E-state index in [0.29, 0.717) is 25.3 Å². The minimum absolute atomic E-state index is 0.101. The second-order valence-electron chi connectivity index (χ2n) is 5.79. The molecular formula is C15H21N3O3. The summed E-state index contributed by atoms with van der Waals surface area (Å²) in [6.07, 6.45) is 0.304. The second kappa shape index (κ2) is 5.71. The van der Waals surface area contributed by atoms with E-state index in [0.717, 1.165) is 11.4 Å². The summed E-state index contributed by atoms with van der Waals surface area (Å²) in [4.78, 5) is 30.3. The third-order valence-corrected chi connectivity index (χ3v) is 3.45. The predicted molar refractivity (Wildman–Crippen MR) is 77.8 cm³/mol. The molecule has 2 amide bonds. The van der Waals surface area contributed by atoms with E-state index in [1.165, 1.54) is 0 Å². The molecule has 0 radical (unpaired) electrons. The van der Waals surface area contributed by atoms with Crippen molar-refractivity contribution >= 4 is 11.8 Å². The minimum atomic E-state index is -0.887. The van der Waals surface area contributed by atoms with Gasteiger partial charge in [-0.1, -0.05) is 0 Å². The Balaban J connectivity index is 2.23. The number of amides is 2. The van der Waals surface area contributed by atoms with Crippen molar-refractivity contribution in [2.75, 3.05) is 13.7 Å². The van der Waals surface area contributed by atoms with Crippen LogP contribution < -0.4 is 10.1 Å². The third kappa shape index (κ3) is 3.51. The number of nitrogens with one attached hydrogen (secondary N) is 1. The molecule has 0 unspecified atom stereocenters. The number of hydrogen-bond acceptors (Lipinski definition) is 4. The van der Waals surface area contributed by atoms with Gasteiger partial charge < -0.3 is 15.0 Å². The number of hydrogen-bond donors (Lipinski definition) is 1. The van der Waals surface area contributed by atoms with Crippen LogP contribution in [-0.4, -0.2) is 40.9 Å². The first-order valence-electron chi connectivity index (χ1n) is 6.94. The molecule has 1 fully saturated rings. The molecule has 1 N–H and O–H groups in total. The molecule has 1 aromatic heterocycles. The van der Waals surface area contributed by atoms with Crippen LogP contribution in [0.2, 0.25) is 0 Å². The molecule has 0 atom stereocenters. The first-order valence-corrected chi connectivity index (χ1v) is 6.94. The van der Waals surface area contributed by atoms with Crippen molar-refractivity contribution < 1.29 is 14.3 Å². The number of carbonyl (C=O) groups excluding carboxylic acids is 2. The van der Waals surface area contributed by atoms with E-state index >= 15 is 0 Å². The van der Waals surface area contributed by atoms with Crippen LogP contribution >= 0.6 is 0 Å². The van der Waals surface area contributed by atoms with Crippen LogP contribution in [0, 0.1) is 6.92 Å². The van der Waals surface area contributed by atoms with E-state index in [4.69, 9.17) is 4.74 Å². The van der Waals surface area contributed by atoms with Gasteiger partial charge in [0, 0.05) is 30.8 Å². The monoisotopic (exact) mass is 291 g/mol. The maximum Gasteiger partial charge on any atom is 0.248 e.